The summed E-state index contributed by atoms with van der Waals surface area (Å²) in [7, 11) is 0. The molecule has 30 heavy (non-hydrogen) atoms. The van der Waals surface area contributed by atoms with Crippen molar-refractivity contribution < 1.29 is 18.9 Å². The fraction of sp³-hybridized carbons (Fsp3) is 0.231. The maximum atomic E-state index is 5.88. The molecule has 0 radical (unpaired) electrons. The van der Waals surface area contributed by atoms with E-state index < -0.39 is 0 Å². The van der Waals surface area contributed by atoms with Gasteiger partial charge in [-0.1, -0.05) is 23.7 Å². The van der Waals surface area contributed by atoms with Crippen LogP contribution in [0.25, 0.3) is 0 Å². The summed E-state index contributed by atoms with van der Waals surface area (Å²) in [5, 5.41) is 0. The maximum Gasteiger partial charge on any atom is 0.162 e. The molecule has 0 saturated carbocycles. The van der Waals surface area contributed by atoms with Gasteiger partial charge in [-0.15, -0.1) is 25.7 Å². The standard InChI is InChI=1S/C26H20O4/c1-5-19-15-23-24(16-20(19)6-2)28-12-10-14-30-26-18-22(8-4)21(7-3)17-25(26)29-13-9-11-27-23/h1-4,15-18H,9-14H2. The summed E-state index contributed by atoms with van der Waals surface area (Å²) in [5.74, 6) is 12.5. The fourth-order valence-electron chi connectivity index (χ4n) is 2.90. The Hall–Kier alpha value is -4.12. The summed E-state index contributed by atoms with van der Waals surface area (Å²) in [4.78, 5) is 0. The summed E-state index contributed by atoms with van der Waals surface area (Å²) in [6.45, 7) is 1.60. The Morgan fingerprint density at radius 2 is 0.700 bits per heavy atom. The third kappa shape index (κ3) is 4.64. The summed E-state index contributed by atoms with van der Waals surface area (Å²) in [5.41, 5.74) is 2.34. The lowest BCUT2D eigenvalue weighted by molar-refractivity contribution is 0.203. The molecule has 0 aromatic heterocycles. The predicted molar refractivity (Wildman–Crippen MR) is 116 cm³/mol. The first-order valence-corrected chi connectivity index (χ1v) is 9.44. The largest absolute Gasteiger partial charge is 0.490 e. The van der Waals surface area contributed by atoms with Crippen LogP contribution in [0.2, 0.25) is 0 Å². The zero-order chi connectivity index (χ0) is 21.3. The number of terminal acetylenes is 4. The highest BCUT2D eigenvalue weighted by molar-refractivity contribution is 5.58. The van der Waals surface area contributed by atoms with E-state index in [4.69, 9.17) is 44.6 Å². The lowest BCUT2D eigenvalue weighted by Crippen LogP contribution is -2.11. The first-order chi connectivity index (χ1) is 14.7. The van der Waals surface area contributed by atoms with Crippen molar-refractivity contribution in [2.75, 3.05) is 26.4 Å². The molecule has 0 amide bonds. The Labute approximate surface area is 177 Å². The van der Waals surface area contributed by atoms with Crippen molar-refractivity contribution in [1.82, 2.24) is 0 Å². The molecule has 0 saturated heterocycles. The summed E-state index contributed by atoms with van der Waals surface area (Å²) < 4.78 is 23.5. The van der Waals surface area contributed by atoms with Gasteiger partial charge in [0.25, 0.3) is 0 Å². The van der Waals surface area contributed by atoms with Crippen LogP contribution in [0.4, 0.5) is 0 Å². The van der Waals surface area contributed by atoms with Gasteiger partial charge in [-0.05, 0) is 0 Å². The molecule has 0 unspecified atom stereocenters. The molecule has 0 fully saturated rings. The number of benzene rings is 2. The second-order valence-electron chi connectivity index (χ2n) is 6.37. The van der Waals surface area contributed by atoms with Gasteiger partial charge in [-0.2, -0.15) is 0 Å². The first-order valence-electron chi connectivity index (χ1n) is 9.44. The lowest BCUT2D eigenvalue weighted by atomic mass is 10.1. The van der Waals surface area contributed by atoms with Crippen LogP contribution in [0.1, 0.15) is 35.1 Å². The summed E-state index contributed by atoms with van der Waals surface area (Å²) in [6, 6.07) is 6.90. The topological polar surface area (TPSA) is 36.9 Å². The van der Waals surface area contributed by atoms with Crippen LogP contribution in [0.3, 0.4) is 0 Å². The van der Waals surface area contributed by atoms with Crippen LogP contribution >= 0.6 is 0 Å². The zero-order valence-corrected chi connectivity index (χ0v) is 16.5. The van der Waals surface area contributed by atoms with E-state index in [1.165, 1.54) is 0 Å². The van der Waals surface area contributed by atoms with E-state index in [0.29, 0.717) is 84.5 Å². The average Bonchev–Trinajstić information content (AvgIpc) is 2.78. The van der Waals surface area contributed by atoms with E-state index in [1.54, 1.807) is 24.3 Å². The van der Waals surface area contributed by atoms with E-state index in [1.807, 2.05) is 0 Å². The second kappa shape index (κ2) is 9.89. The van der Waals surface area contributed by atoms with E-state index in [9.17, 15) is 0 Å². The zero-order valence-electron chi connectivity index (χ0n) is 16.5. The van der Waals surface area contributed by atoms with Crippen LogP contribution in [-0.4, -0.2) is 26.4 Å². The normalized spacial score (nSPS) is 13.5. The monoisotopic (exact) mass is 396 g/mol. The fourth-order valence-corrected chi connectivity index (χ4v) is 2.90. The van der Waals surface area contributed by atoms with Crippen molar-refractivity contribution in [3.05, 3.63) is 46.5 Å². The van der Waals surface area contributed by atoms with E-state index in [2.05, 4.69) is 23.7 Å². The molecule has 3 rings (SSSR count). The van der Waals surface area contributed by atoms with Crippen LogP contribution < -0.4 is 18.9 Å². The molecule has 1 aliphatic heterocycles. The molecule has 0 spiro atoms. The molecule has 4 heteroatoms. The Morgan fingerprint density at radius 1 is 0.467 bits per heavy atom. The van der Waals surface area contributed by atoms with Crippen LogP contribution in [0.5, 0.6) is 23.0 Å². The second-order valence-corrected chi connectivity index (χ2v) is 6.37. The molecule has 1 heterocycles. The van der Waals surface area contributed by atoms with Crippen molar-refractivity contribution in [3.63, 3.8) is 0 Å². The van der Waals surface area contributed by atoms with Gasteiger partial charge < -0.3 is 18.9 Å². The quantitative estimate of drug-likeness (QED) is 0.638. The van der Waals surface area contributed by atoms with Crippen molar-refractivity contribution in [2.24, 2.45) is 0 Å². The molecule has 1 aliphatic rings. The number of rotatable bonds is 0. The molecule has 4 nitrogen and oxygen atoms in total. The molecular weight excluding hydrogens is 376 g/mol. The van der Waals surface area contributed by atoms with Gasteiger partial charge >= 0.3 is 0 Å². The molecule has 2 aromatic carbocycles. The number of fused-ring (bicyclic) bond motifs is 2. The number of hydrogen-bond acceptors (Lipinski definition) is 4. The summed E-state index contributed by atoms with van der Waals surface area (Å²) in [6.07, 6.45) is 23.4. The molecule has 2 aromatic rings. The molecule has 0 N–H and O–H groups in total. The molecule has 148 valence electrons. The average molecular weight is 396 g/mol. The van der Waals surface area contributed by atoms with Crippen molar-refractivity contribution in [3.8, 4) is 72.4 Å². The number of ether oxygens (including phenoxy) is 4. The minimum absolute atomic E-state index is 0.399. The van der Waals surface area contributed by atoms with Crippen molar-refractivity contribution in [1.29, 1.82) is 0 Å². The molecule has 0 aliphatic carbocycles. The minimum atomic E-state index is 0.399. The highest BCUT2D eigenvalue weighted by atomic mass is 16.5. The first kappa shape index (κ1) is 20.6. The smallest absolute Gasteiger partial charge is 0.162 e. The van der Waals surface area contributed by atoms with Crippen molar-refractivity contribution >= 4 is 0 Å². The molecular formula is C26H20O4. The lowest BCUT2D eigenvalue weighted by Gasteiger charge is -2.17. The van der Waals surface area contributed by atoms with Crippen molar-refractivity contribution in [2.45, 2.75) is 12.8 Å². The Kier molecular flexibility index (Phi) is 6.79. The minimum Gasteiger partial charge on any atom is -0.490 e. The third-order valence-corrected chi connectivity index (χ3v) is 4.40. The maximum absolute atomic E-state index is 5.88. The third-order valence-electron chi connectivity index (χ3n) is 4.40. The van der Waals surface area contributed by atoms with E-state index >= 15 is 0 Å². The SMILES string of the molecule is C#Cc1cc2c(cc1C#C)OCCCOc1cc(C#C)c(C#C)cc1OCCCO2. The van der Waals surface area contributed by atoms with Gasteiger partial charge in [-0.25, -0.2) is 0 Å². The Balaban J connectivity index is 1.82. The van der Waals surface area contributed by atoms with Gasteiger partial charge in [0.15, 0.2) is 23.0 Å². The molecule has 0 atom stereocenters. The van der Waals surface area contributed by atoms with Crippen LogP contribution in [0, 0.1) is 49.4 Å². The van der Waals surface area contributed by atoms with Gasteiger partial charge in [0, 0.05) is 59.4 Å². The van der Waals surface area contributed by atoms with Gasteiger partial charge in [0.1, 0.15) is 0 Å². The van der Waals surface area contributed by atoms with Crippen LogP contribution in [0.15, 0.2) is 24.3 Å². The molecule has 0 bridgehead atoms. The van der Waals surface area contributed by atoms with E-state index in [0.717, 1.165) is 0 Å². The Morgan fingerprint density at radius 3 is 0.900 bits per heavy atom. The van der Waals surface area contributed by atoms with E-state index in [-0.39, 0.29) is 0 Å². The van der Waals surface area contributed by atoms with Gasteiger partial charge in [-0.3, -0.25) is 0 Å². The highest BCUT2D eigenvalue weighted by Gasteiger charge is 2.14. The highest BCUT2D eigenvalue weighted by Crippen LogP contribution is 2.33. The number of hydrogen-bond donors (Lipinski definition) is 0. The predicted octanol–water partition coefficient (Wildman–Crippen LogP) is 3.62. The summed E-state index contributed by atoms with van der Waals surface area (Å²) >= 11 is 0. The Bertz CT molecular complexity index is 925. The van der Waals surface area contributed by atoms with Gasteiger partial charge in [0.2, 0.25) is 0 Å². The van der Waals surface area contributed by atoms with Crippen LogP contribution in [-0.2, 0) is 0 Å². The van der Waals surface area contributed by atoms with Gasteiger partial charge in [0.05, 0.1) is 26.4 Å².